The van der Waals surface area contributed by atoms with Crippen LogP contribution in [0.3, 0.4) is 0 Å². The van der Waals surface area contributed by atoms with Gasteiger partial charge >= 0.3 is 0 Å². The minimum atomic E-state index is -0.286. The molecule has 3 atom stereocenters. The summed E-state index contributed by atoms with van der Waals surface area (Å²) in [5, 5.41) is 6.00. The van der Waals surface area contributed by atoms with E-state index in [-0.39, 0.29) is 36.5 Å². The van der Waals surface area contributed by atoms with Gasteiger partial charge < -0.3 is 15.5 Å². The zero-order valence-corrected chi connectivity index (χ0v) is 15.6. The molecule has 1 unspecified atom stereocenters. The Morgan fingerprint density at radius 3 is 2.25 bits per heavy atom. The molecule has 0 radical (unpaired) electrons. The van der Waals surface area contributed by atoms with Crippen LogP contribution in [0.15, 0.2) is 30.3 Å². The van der Waals surface area contributed by atoms with E-state index in [1.54, 1.807) is 0 Å². The molecule has 0 aliphatic rings. The highest BCUT2D eigenvalue weighted by atomic mass is 16.2. The summed E-state index contributed by atoms with van der Waals surface area (Å²) in [4.78, 5) is 25.3. The van der Waals surface area contributed by atoms with Crippen LogP contribution in [0.1, 0.15) is 52.1 Å². The molecule has 5 nitrogen and oxygen atoms in total. The van der Waals surface area contributed by atoms with E-state index in [4.69, 9.17) is 0 Å². The van der Waals surface area contributed by atoms with Crippen LogP contribution in [-0.4, -0.2) is 37.5 Å². The minimum absolute atomic E-state index is 0.0171. The lowest BCUT2D eigenvalue weighted by Crippen LogP contribution is -3.15. The molecular formula is C19H32N3O2+. The maximum absolute atomic E-state index is 12.6. The fourth-order valence-corrected chi connectivity index (χ4v) is 2.60. The van der Waals surface area contributed by atoms with Gasteiger partial charge in [0.25, 0.3) is 11.8 Å². The zero-order valence-electron chi connectivity index (χ0n) is 15.6. The zero-order chi connectivity index (χ0) is 18.1. The lowest BCUT2D eigenvalue weighted by molar-refractivity contribution is -0.886. The molecule has 0 spiro atoms. The Kier molecular flexibility index (Phi) is 8.47. The molecular weight excluding hydrogens is 302 g/mol. The third-order valence-corrected chi connectivity index (χ3v) is 4.12. The Labute approximate surface area is 145 Å². The third kappa shape index (κ3) is 6.71. The molecule has 5 heteroatoms. The summed E-state index contributed by atoms with van der Waals surface area (Å²) < 4.78 is 0. The van der Waals surface area contributed by atoms with Gasteiger partial charge in [-0.25, -0.2) is 0 Å². The molecule has 0 saturated heterocycles. The first-order chi connectivity index (χ1) is 11.3. The van der Waals surface area contributed by atoms with Crippen LogP contribution >= 0.6 is 0 Å². The quantitative estimate of drug-likeness (QED) is 0.633. The molecule has 0 aliphatic carbocycles. The van der Waals surface area contributed by atoms with E-state index in [1.807, 2.05) is 58.2 Å². The molecule has 0 aliphatic heterocycles. The molecule has 0 saturated carbocycles. The Hall–Kier alpha value is -1.88. The van der Waals surface area contributed by atoms with Crippen molar-refractivity contribution in [3.8, 4) is 0 Å². The molecule has 3 N–H and O–H groups in total. The fraction of sp³-hybridized carbons (Fsp3) is 0.579. The van der Waals surface area contributed by atoms with Crippen LogP contribution < -0.4 is 15.5 Å². The van der Waals surface area contributed by atoms with Crippen LogP contribution in [0, 0.1) is 0 Å². The smallest absolute Gasteiger partial charge is 0.278 e. The number of benzene rings is 1. The molecule has 0 aromatic heterocycles. The van der Waals surface area contributed by atoms with Crippen molar-refractivity contribution in [3.63, 3.8) is 0 Å². The summed E-state index contributed by atoms with van der Waals surface area (Å²) in [6.07, 6.45) is 1.89. The van der Waals surface area contributed by atoms with Crippen molar-refractivity contribution >= 4 is 11.8 Å². The van der Waals surface area contributed by atoms with Gasteiger partial charge in [0.1, 0.15) is 0 Å². The Morgan fingerprint density at radius 1 is 1.08 bits per heavy atom. The SMILES string of the molecule is CCC[C@H](NC(=O)[C@H](C)[NH+](C)CC(=O)NC(C)C)c1ccccc1. The molecule has 1 aromatic rings. The monoisotopic (exact) mass is 334 g/mol. The van der Waals surface area contributed by atoms with Crippen molar-refractivity contribution in [3.05, 3.63) is 35.9 Å². The summed E-state index contributed by atoms with van der Waals surface area (Å²) in [6.45, 7) is 8.12. The van der Waals surface area contributed by atoms with Gasteiger partial charge in [0.2, 0.25) is 0 Å². The lowest BCUT2D eigenvalue weighted by atomic mass is 10.0. The summed E-state index contributed by atoms with van der Waals surface area (Å²) in [7, 11) is 1.88. The second kappa shape index (κ2) is 10.1. The van der Waals surface area contributed by atoms with Gasteiger partial charge in [-0.1, -0.05) is 43.7 Å². The van der Waals surface area contributed by atoms with Crippen molar-refractivity contribution in [2.24, 2.45) is 0 Å². The summed E-state index contributed by atoms with van der Waals surface area (Å²) >= 11 is 0. The Balaban J connectivity index is 2.64. The molecule has 0 heterocycles. The predicted octanol–water partition coefficient (Wildman–Crippen LogP) is 1.07. The molecule has 0 bridgehead atoms. The van der Waals surface area contributed by atoms with Crippen molar-refractivity contribution < 1.29 is 14.5 Å². The van der Waals surface area contributed by atoms with Crippen LogP contribution in [-0.2, 0) is 9.59 Å². The number of hydrogen-bond donors (Lipinski definition) is 3. The first kappa shape index (κ1) is 20.2. The highest BCUT2D eigenvalue weighted by Gasteiger charge is 2.26. The molecule has 1 aromatic carbocycles. The second-order valence-corrected chi connectivity index (χ2v) is 6.73. The summed E-state index contributed by atoms with van der Waals surface area (Å²) in [5.74, 6) is -0.0533. The highest BCUT2D eigenvalue weighted by Crippen LogP contribution is 2.17. The van der Waals surface area contributed by atoms with Crippen molar-refractivity contribution in [1.82, 2.24) is 10.6 Å². The molecule has 1 rings (SSSR count). The minimum Gasteiger partial charge on any atom is -0.349 e. The summed E-state index contributed by atoms with van der Waals surface area (Å²) in [6, 6.07) is 9.87. The maximum Gasteiger partial charge on any atom is 0.278 e. The topological polar surface area (TPSA) is 62.6 Å². The van der Waals surface area contributed by atoms with Crippen LogP contribution in [0.25, 0.3) is 0 Å². The number of carbonyl (C=O) groups is 2. The Morgan fingerprint density at radius 2 is 1.71 bits per heavy atom. The second-order valence-electron chi connectivity index (χ2n) is 6.73. The van der Waals surface area contributed by atoms with E-state index in [2.05, 4.69) is 17.6 Å². The first-order valence-corrected chi connectivity index (χ1v) is 8.82. The largest absolute Gasteiger partial charge is 0.349 e. The number of hydrogen-bond acceptors (Lipinski definition) is 2. The fourth-order valence-electron chi connectivity index (χ4n) is 2.60. The molecule has 134 valence electrons. The van der Waals surface area contributed by atoms with Gasteiger partial charge in [0.15, 0.2) is 12.6 Å². The average Bonchev–Trinajstić information content (AvgIpc) is 2.53. The number of nitrogens with one attached hydrogen (secondary N) is 3. The average molecular weight is 334 g/mol. The van der Waals surface area contributed by atoms with Gasteiger partial charge in [-0.3, -0.25) is 9.59 Å². The van der Waals surface area contributed by atoms with Crippen LogP contribution in [0.2, 0.25) is 0 Å². The lowest BCUT2D eigenvalue weighted by Gasteiger charge is -2.24. The normalized spacial score (nSPS) is 14.8. The highest BCUT2D eigenvalue weighted by molar-refractivity contribution is 5.81. The van der Waals surface area contributed by atoms with Gasteiger partial charge in [-0.15, -0.1) is 0 Å². The van der Waals surface area contributed by atoms with Gasteiger partial charge in [0.05, 0.1) is 13.1 Å². The molecule has 24 heavy (non-hydrogen) atoms. The van der Waals surface area contributed by atoms with E-state index in [9.17, 15) is 9.59 Å². The predicted molar refractivity (Wildman–Crippen MR) is 96.7 cm³/mol. The van der Waals surface area contributed by atoms with Gasteiger partial charge in [-0.2, -0.15) is 0 Å². The maximum atomic E-state index is 12.6. The number of carbonyl (C=O) groups excluding carboxylic acids is 2. The number of quaternary nitrogens is 1. The first-order valence-electron chi connectivity index (χ1n) is 8.82. The summed E-state index contributed by atoms with van der Waals surface area (Å²) in [5.41, 5.74) is 1.12. The van der Waals surface area contributed by atoms with E-state index in [1.165, 1.54) is 0 Å². The Bertz CT molecular complexity index is 517. The number of likely N-dealkylation sites (N-methyl/N-ethyl adjacent to an activating group) is 1. The van der Waals surface area contributed by atoms with E-state index in [0.717, 1.165) is 23.3 Å². The van der Waals surface area contributed by atoms with Gasteiger partial charge in [0, 0.05) is 6.04 Å². The van der Waals surface area contributed by atoms with Crippen LogP contribution in [0.4, 0.5) is 0 Å². The van der Waals surface area contributed by atoms with E-state index in [0.29, 0.717) is 0 Å². The third-order valence-electron chi connectivity index (χ3n) is 4.12. The number of amides is 2. The van der Waals surface area contributed by atoms with Crippen molar-refractivity contribution in [1.29, 1.82) is 0 Å². The van der Waals surface area contributed by atoms with E-state index >= 15 is 0 Å². The number of rotatable bonds is 9. The molecule has 2 amide bonds. The molecule has 0 fully saturated rings. The van der Waals surface area contributed by atoms with Gasteiger partial charge in [-0.05, 0) is 32.8 Å². The van der Waals surface area contributed by atoms with Crippen molar-refractivity contribution in [2.45, 2.75) is 58.7 Å². The van der Waals surface area contributed by atoms with Crippen LogP contribution in [0.5, 0.6) is 0 Å². The standard InChI is InChI=1S/C19H31N3O2/c1-6-10-17(16-11-8-7-9-12-16)21-19(24)15(4)22(5)13-18(23)20-14(2)3/h7-9,11-12,14-15,17H,6,10,13H2,1-5H3,(H,20,23)(H,21,24)/p+1/t15-,17-/m0/s1. The van der Waals surface area contributed by atoms with E-state index < -0.39 is 0 Å². The van der Waals surface area contributed by atoms with Crippen molar-refractivity contribution in [2.75, 3.05) is 13.6 Å².